The van der Waals surface area contributed by atoms with E-state index < -0.39 is 21.4 Å². The molecule has 0 unspecified atom stereocenters. The van der Waals surface area contributed by atoms with Crippen LogP contribution in [0.25, 0.3) is 6.08 Å². The fourth-order valence-corrected chi connectivity index (χ4v) is 3.44. The van der Waals surface area contributed by atoms with Crippen molar-refractivity contribution < 1.29 is 30.5 Å². The molecule has 0 atom stereocenters. The van der Waals surface area contributed by atoms with E-state index in [1.807, 2.05) is 26.8 Å². The average molecular weight is 390 g/mol. The number of hydrogen-bond acceptors (Lipinski definition) is 4. The Morgan fingerprint density at radius 3 is 2.35 bits per heavy atom. The lowest BCUT2D eigenvalue weighted by atomic mass is 9.72. The molecular weight excluding hydrogens is 369 g/mol. The van der Waals surface area contributed by atoms with Gasteiger partial charge in [-0.1, -0.05) is 31.6 Å². The lowest BCUT2D eigenvalue weighted by Gasteiger charge is -2.32. The highest BCUT2D eigenvalue weighted by molar-refractivity contribution is 7.88. The van der Waals surface area contributed by atoms with E-state index in [9.17, 15) is 21.6 Å². The Hall–Kier alpha value is -1.96. The number of halogens is 3. The highest BCUT2D eigenvalue weighted by atomic mass is 32.2. The van der Waals surface area contributed by atoms with Crippen molar-refractivity contribution >= 4 is 16.2 Å². The van der Waals surface area contributed by atoms with E-state index in [-0.39, 0.29) is 16.7 Å². The first kappa shape index (κ1) is 20.4. The topological polar surface area (TPSA) is 52.6 Å². The fraction of sp³-hybridized carbons (Fsp3) is 0.444. The first-order valence-electron chi connectivity index (χ1n) is 7.96. The summed E-state index contributed by atoms with van der Waals surface area (Å²) in [6, 6.07) is 4.08. The zero-order valence-electron chi connectivity index (χ0n) is 15.0. The molecule has 0 amide bonds. The van der Waals surface area contributed by atoms with Gasteiger partial charge in [-0.2, -0.15) is 21.6 Å². The zero-order chi connectivity index (χ0) is 19.8. The summed E-state index contributed by atoms with van der Waals surface area (Å²) >= 11 is 0. The maximum atomic E-state index is 12.7. The molecule has 0 aliphatic heterocycles. The smallest absolute Gasteiger partial charge is 0.496 e. The molecule has 8 heteroatoms. The Bertz CT molecular complexity index is 850. The SMILES string of the molecule is COc1cccc(OS(=O)(=O)C(F)(F)F)c1/C=C1\C(C)=CCCC1(C)C. The van der Waals surface area contributed by atoms with Crippen LogP contribution in [0.3, 0.4) is 0 Å². The van der Waals surface area contributed by atoms with Crippen LogP contribution in [-0.4, -0.2) is 21.0 Å². The number of ether oxygens (including phenoxy) is 1. The Kier molecular flexibility index (Phi) is 5.46. The number of alkyl halides is 3. The van der Waals surface area contributed by atoms with Crippen LogP contribution >= 0.6 is 0 Å². The third-order valence-corrected chi connectivity index (χ3v) is 5.36. The molecular formula is C18H21F3O4S. The Balaban J connectivity index is 2.64. The highest BCUT2D eigenvalue weighted by Gasteiger charge is 2.49. The summed E-state index contributed by atoms with van der Waals surface area (Å²) in [7, 11) is -4.43. The Morgan fingerprint density at radius 1 is 1.19 bits per heavy atom. The van der Waals surface area contributed by atoms with Crippen LogP contribution in [-0.2, 0) is 10.1 Å². The number of hydrogen-bond donors (Lipinski definition) is 0. The summed E-state index contributed by atoms with van der Waals surface area (Å²) in [5.74, 6) is -0.204. The van der Waals surface area contributed by atoms with Crippen LogP contribution in [0.2, 0.25) is 0 Å². The van der Waals surface area contributed by atoms with E-state index in [0.29, 0.717) is 0 Å². The largest absolute Gasteiger partial charge is 0.534 e. The summed E-state index contributed by atoms with van der Waals surface area (Å²) in [5.41, 5.74) is -3.71. The second-order valence-electron chi connectivity index (χ2n) is 6.72. The molecule has 0 aromatic heterocycles. The molecule has 0 N–H and O–H groups in total. The van der Waals surface area contributed by atoms with Crippen molar-refractivity contribution in [3.63, 3.8) is 0 Å². The standard InChI is InChI=1S/C18H21F3O4S/c1-12-7-6-10-17(2,3)14(12)11-13-15(24-4)8-5-9-16(13)25-26(22,23)18(19,20)21/h5,7-9,11H,6,10H2,1-4H3/b14-11+. The monoisotopic (exact) mass is 390 g/mol. The molecule has 0 spiro atoms. The van der Waals surface area contributed by atoms with Gasteiger partial charge in [-0.25, -0.2) is 0 Å². The van der Waals surface area contributed by atoms with Crippen molar-refractivity contribution in [1.82, 2.24) is 0 Å². The first-order valence-corrected chi connectivity index (χ1v) is 9.37. The molecule has 0 fully saturated rings. The molecule has 1 aromatic rings. The third-order valence-electron chi connectivity index (χ3n) is 4.39. The van der Waals surface area contributed by atoms with Gasteiger partial charge in [0.15, 0.2) is 5.75 Å². The molecule has 1 aliphatic rings. The maximum Gasteiger partial charge on any atom is 0.534 e. The van der Waals surface area contributed by atoms with E-state index in [2.05, 4.69) is 4.18 Å². The van der Waals surface area contributed by atoms with Crippen LogP contribution in [0.5, 0.6) is 11.5 Å². The summed E-state index contributed by atoms with van der Waals surface area (Å²) in [6.07, 6.45) is 5.45. The normalized spacial score (nSPS) is 19.2. The minimum Gasteiger partial charge on any atom is -0.496 e. The van der Waals surface area contributed by atoms with E-state index in [1.54, 1.807) is 6.08 Å². The highest BCUT2D eigenvalue weighted by Crippen LogP contribution is 2.44. The molecule has 0 saturated heterocycles. The van der Waals surface area contributed by atoms with Crippen LogP contribution in [0.15, 0.2) is 35.4 Å². The third kappa shape index (κ3) is 4.06. The first-order chi connectivity index (χ1) is 11.9. The average Bonchev–Trinajstić information content (AvgIpc) is 2.50. The van der Waals surface area contributed by atoms with Gasteiger partial charge in [-0.3, -0.25) is 0 Å². The molecule has 4 nitrogen and oxygen atoms in total. The predicted molar refractivity (Wildman–Crippen MR) is 93.3 cm³/mol. The van der Waals surface area contributed by atoms with E-state index >= 15 is 0 Å². The van der Waals surface area contributed by atoms with Gasteiger partial charge < -0.3 is 8.92 Å². The van der Waals surface area contributed by atoms with Gasteiger partial charge in [0.05, 0.1) is 12.7 Å². The van der Waals surface area contributed by atoms with Crippen LogP contribution in [0.4, 0.5) is 13.2 Å². The summed E-state index contributed by atoms with van der Waals surface area (Å²) in [4.78, 5) is 0. The molecule has 0 bridgehead atoms. The molecule has 0 radical (unpaired) electrons. The van der Waals surface area contributed by atoms with Gasteiger partial charge in [0.25, 0.3) is 0 Å². The second kappa shape index (κ2) is 6.98. The molecule has 0 heterocycles. The maximum absolute atomic E-state index is 12.7. The molecule has 144 valence electrons. The molecule has 1 aromatic carbocycles. The fourth-order valence-electron chi connectivity index (χ4n) is 2.96. The van der Waals surface area contributed by atoms with Crippen LogP contribution in [0.1, 0.15) is 39.2 Å². The molecule has 26 heavy (non-hydrogen) atoms. The van der Waals surface area contributed by atoms with Crippen molar-refractivity contribution in [1.29, 1.82) is 0 Å². The van der Waals surface area contributed by atoms with Crippen molar-refractivity contribution in [3.05, 3.63) is 41.0 Å². The van der Waals surface area contributed by atoms with Gasteiger partial charge in [-0.05, 0) is 49.0 Å². The van der Waals surface area contributed by atoms with E-state index in [0.717, 1.165) is 24.0 Å². The van der Waals surface area contributed by atoms with E-state index in [1.165, 1.54) is 25.3 Å². The van der Waals surface area contributed by atoms with Crippen molar-refractivity contribution in [2.24, 2.45) is 5.41 Å². The lowest BCUT2D eigenvalue weighted by molar-refractivity contribution is -0.0500. The lowest BCUT2D eigenvalue weighted by Crippen LogP contribution is -2.28. The molecule has 1 aliphatic carbocycles. The summed E-state index contributed by atoms with van der Waals surface area (Å²) < 4.78 is 70.6. The van der Waals surface area contributed by atoms with Gasteiger partial charge in [0.2, 0.25) is 0 Å². The minimum atomic E-state index is -5.78. The Labute approximate surface area is 151 Å². The Morgan fingerprint density at radius 2 is 1.81 bits per heavy atom. The van der Waals surface area contributed by atoms with Crippen molar-refractivity contribution in [2.75, 3.05) is 7.11 Å². The second-order valence-corrected chi connectivity index (χ2v) is 8.26. The predicted octanol–water partition coefficient (Wildman–Crippen LogP) is 5.07. The minimum absolute atomic E-state index is 0.153. The molecule has 0 saturated carbocycles. The van der Waals surface area contributed by atoms with Gasteiger partial charge in [0, 0.05) is 0 Å². The van der Waals surface area contributed by atoms with Gasteiger partial charge in [0.1, 0.15) is 5.75 Å². The number of benzene rings is 1. The zero-order valence-corrected chi connectivity index (χ0v) is 15.8. The quantitative estimate of drug-likeness (QED) is 0.532. The summed E-state index contributed by atoms with van der Waals surface area (Å²) in [6.45, 7) is 5.96. The molecule has 2 rings (SSSR count). The van der Waals surface area contributed by atoms with Gasteiger partial charge >= 0.3 is 15.6 Å². The number of rotatable bonds is 4. The van der Waals surface area contributed by atoms with Crippen LogP contribution < -0.4 is 8.92 Å². The van der Waals surface area contributed by atoms with Crippen LogP contribution in [0, 0.1) is 5.41 Å². The van der Waals surface area contributed by atoms with E-state index in [4.69, 9.17) is 4.74 Å². The summed E-state index contributed by atoms with van der Waals surface area (Å²) in [5, 5.41) is 0. The number of methoxy groups -OCH3 is 1. The van der Waals surface area contributed by atoms with Crippen molar-refractivity contribution in [2.45, 2.75) is 39.1 Å². The van der Waals surface area contributed by atoms with Gasteiger partial charge in [-0.15, -0.1) is 0 Å². The number of allylic oxidation sites excluding steroid dienone is 3. The van der Waals surface area contributed by atoms with Crippen molar-refractivity contribution in [3.8, 4) is 11.5 Å².